The molecule has 0 radical (unpaired) electrons. The second kappa shape index (κ2) is 5.65. The van der Waals surface area contributed by atoms with Gasteiger partial charge in [0.05, 0.1) is 6.61 Å². The summed E-state index contributed by atoms with van der Waals surface area (Å²) in [6, 6.07) is 7.64. The summed E-state index contributed by atoms with van der Waals surface area (Å²) in [6.45, 7) is 8.35. The van der Waals surface area contributed by atoms with Gasteiger partial charge in [-0.05, 0) is 50.3 Å². The first-order valence-electron chi connectivity index (χ1n) is 6.58. The molecule has 1 saturated heterocycles. The molecule has 2 nitrogen and oxygen atoms in total. The first-order valence-corrected chi connectivity index (χ1v) is 6.58. The van der Waals surface area contributed by atoms with E-state index in [1.54, 1.807) is 0 Å². The van der Waals surface area contributed by atoms with Gasteiger partial charge in [-0.2, -0.15) is 0 Å². The molecule has 1 fully saturated rings. The molecule has 1 aromatic carbocycles. The molecule has 2 unspecified atom stereocenters. The van der Waals surface area contributed by atoms with Crippen molar-refractivity contribution in [2.24, 2.45) is 0 Å². The monoisotopic (exact) mass is 233 g/mol. The minimum absolute atomic E-state index is 0.404. The van der Waals surface area contributed by atoms with Gasteiger partial charge >= 0.3 is 0 Å². The summed E-state index contributed by atoms with van der Waals surface area (Å²) in [7, 11) is 0. The van der Waals surface area contributed by atoms with E-state index < -0.39 is 0 Å². The first kappa shape index (κ1) is 12.6. The van der Waals surface area contributed by atoms with E-state index in [2.05, 4.69) is 44.3 Å². The zero-order valence-electron chi connectivity index (χ0n) is 11.1. The Kier molecular flexibility index (Phi) is 4.19. The summed E-state index contributed by atoms with van der Waals surface area (Å²) in [5.74, 6) is 0. The molecular weight excluding hydrogens is 210 g/mol. The summed E-state index contributed by atoms with van der Waals surface area (Å²) in [6.07, 6.45) is 2.41. The van der Waals surface area contributed by atoms with E-state index in [4.69, 9.17) is 4.74 Å². The molecule has 1 aromatic rings. The van der Waals surface area contributed by atoms with Crippen molar-refractivity contribution in [1.82, 2.24) is 5.32 Å². The average Bonchev–Trinajstić information content (AvgIpc) is 2.34. The molecule has 2 rings (SSSR count). The zero-order chi connectivity index (χ0) is 12.3. The second-order valence-electron chi connectivity index (χ2n) is 5.15. The number of nitrogens with one attached hydrogen (secondary N) is 1. The topological polar surface area (TPSA) is 21.3 Å². The quantitative estimate of drug-likeness (QED) is 0.866. The lowest BCUT2D eigenvalue weighted by molar-refractivity contribution is 0.0671. The molecule has 1 heterocycles. The van der Waals surface area contributed by atoms with Gasteiger partial charge in [-0.3, -0.25) is 0 Å². The molecule has 0 spiro atoms. The molecule has 94 valence electrons. The number of ether oxygens (including phenoxy) is 1. The molecule has 2 atom stereocenters. The van der Waals surface area contributed by atoms with Crippen LogP contribution in [0.15, 0.2) is 18.2 Å². The number of aryl methyl sites for hydroxylation is 2. The Morgan fingerprint density at radius 3 is 2.76 bits per heavy atom. The van der Waals surface area contributed by atoms with Crippen LogP contribution in [0.1, 0.15) is 42.5 Å². The van der Waals surface area contributed by atoms with Crippen LogP contribution < -0.4 is 5.32 Å². The maximum atomic E-state index is 5.50. The van der Waals surface area contributed by atoms with Crippen LogP contribution >= 0.6 is 0 Å². The van der Waals surface area contributed by atoms with Gasteiger partial charge in [-0.1, -0.05) is 18.2 Å². The molecule has 0 aromatic heterocycles. The van der Waals surface area contributed by atoms with E-state index in [-0.39, 0.29) is 0 Å². The van der Waals surface area contributed by atoms with E-state index in [1.807, 2.05) is 0 Å². The van der Waals surface area contributed by atoms with Gasteiger partial charge in [-0.15, -0.1) is 0 Å². The number of hydrogen-bond donors (Lipinski definition) is 1. The van der Waals surface area contributed by atoms with Crippen LogP contribution in [0.4, 0.5) is 0 Å². The number of rotatable bonds is 3. The predicted octanol–water partition coefficient (Wildman–Crippen LogP) is 3.13. The van der Waals surface area contributed by atoms with E-state index in [1.165, 1.54) is 29.5 Å². The summed E-state index contributed by atoms with van der Waals surface area (Å²) in [5.41, 5.74) is 4.11. The van der Waals surface area contributed by atoms with E-state index in [9.17, 15) is 0 Å². The largest absolute Gasteiger partial charge is 0.380 e. The Morgan fingerprint density at radius 2 is 2.12 bits per heavy atom. The summed E-state index contributed by atoms with van der Waals surface area (Å²) in [5, 5.41) is 3.66. The van der Waals surface area contributed by atoms with Crippen molar-refractivity contribution in [3.05, 3.63) is 34.9 Å². The fraction of sp³-hybridized carbons (Fsp3) is 0.600. The van der Waals surface area contributed by atoms with Crippen molar-refractivity contribution < 1.29 is 4.74 Å². The smallest absolute Gasteiger partial charge is 0.0619 e. The van der Waals surface area contributed by atoms with Crippen LogP contribution in [0.25, 0.3) is 0 Å². The van der Waals surface area contributed by atoms with Gasteiger partial charge in [0.1, 0.15) is 0 Å². The lowest BCUT2D eigenvalue weighted by atomic mass is 10.0. The minimum Gasteiger partial charge on any atom is -0.380 e. The van der Waals surface area contributed by atoms with Crippen LogP contribution in [0.2, 0.25) is 0 Å². The summed E-state index contributed by atoms with van der Waals surface area (Å²) >= 11 is 0. The van der Waals surface area contributed by atoms with Crippen molar-refractivity contribution in [1.29, 1.82) is 0 Å². The van der Waals surface area contributed by atoms with Gasteiger partial charge in [0, 0.05) is 18.7 Å². The second-order valence-corrected chi connectivity index (χ2v) is 5.15. The molecule has 1 aliphatic heterocycles. The van der Waals surface area contributed by atoms with Gasteiger partial charge in [0.2, 0.25) is 0 Å². The van der Waals surface area contributed by atoms with Gasteiger partial charge in [-0.25, -0.2) is 0 Å². The molecule has 0 aliphatic carbocycles. The van der Waals surface area contributed by atoms with Crippen LogP contribution in [0.5, 0.6) is 0 Å². The normalized spacial score (nSPS) is 22.4. The Morgan fingerprint density at radius 1 is 1.29 bits per heavy atom. The third-order valence-corrected chi connectivity index (χ3v) is 3.68. The van der Waals surface area contributed by atoms with Crippen LogP contribution in [0.3, 0.4) is 0 Å². The van der Waals surface area contributed by atoms with Crippen molar-refractivity contribution in [3.8, 4) is 0 Å². The van der Waals surface area contributed by atoms with Gasteiger partial charge in [0.15, 0.2) is 0 Å². The van der Waals surface area contributed by atoms with Gasteiger partial charge in [0.25, 0.3) is 0 Å². The Bertz CT molecular complexity index is 369. The highest BCUT2D eigenvalue weighted by atomic mass is 16.5. The Hall–Kier alpha value is -0.860. The Balaban J connectivity index is 1.98. The van der Waals surface area contributed by atoms with E-state index >= 15 is 0 Å². The minimum atomic E-state index is 0.404. The highest BCUT2D eigenvalue weighted by Crippen LogP contribution is 2.18. The molecule has 0 saturated carbocycles. The van der Waals surface area contributed by atoms with Crippen LogP contribution in [0, 0.1) is 13.8 Å². The molecule has 1 N–H and O–H groups in total. The third kappa shape index (κ3) is 3.30. The van der Waals surface area contributed by atoms with E-state index in [0.29, 0.717) is 12.1 Å². The first-order chi connectivity index (χ1) is 8.16. The molecular formula is C15H23NO. The molecule has 0 amide bonds. The molecule has 1 aliphatic rings. The summed E-state index contributed by atoms with van der Waals surface area (Å²) < 4.78 is 5.50. The van der Waals surface area contributed by atoms with Crippen molar-refractivity contribution in [3.63, 3.8) is 0 Å². The number of benzene rings is 1. The summed E-state index contributed by atoms with van der Waals surface area (Å²) in [4.78, 5) is 0. The predicted molar refractivity (Wildman–Crippen MR) is 71.3 cm³/mol. The lowest BCUT2D eigenvalue weighted by Gasteiger charge is -2.27. The Labute approximate surface area is 104 Å². The van der Waals surface area contributed by atoms with Crippen LogP contribution in [-0.2, 0) is 4.74 Å². The third-order valence-electron chi connectivity index (χ3n) is 3.68. The SMILES string of the molecule is Cc1ccc(C(C)NC2CCCOC2)cc1C. The van der Waals surface area contributed by atoms with Crippen molar-refractivity contribution in [2.75, 3.05) is 13.2 Å². The van der Waals surface area contributed by atoms with Crippen LogP contribution in [-0.4, -0.2) is 19.3 Å². The fourth-order valence-electron chi connectivity index (χ4n) is 2.36. The van der Waals surface area contributed by atoms with Crippen molar-refractivity contribution >= 4 is 0 Å². The highest BCUT2D eigenvalue weighted by Gasteiger charge is 2.16. The average molecular weight is 233 g/mol. The fourth-order valence-corrected chi connectivity index (χ4v) is 2.36. The molecule has 17 heavy (non-hydrogen) atoms. The van der Waals surface area contributed by atoms with Gasteiger partial charge < -0.3 is 10.1 Å². The maximum absolute atomic E-state index is 5.50. The van der Waals surface area contributed by atoms with E-state index in [0.717, 1.165) is 13.2 Å². The van der Waals surface area contributed by atoms with Crippen molar-refractivity contribution in [2.45, 2.75) is 45.7 Å². The number of hydrogen-bond acceptors (Lipinski definition) is 2. The maximum Gasteiger partial charge on any atom is 0.0619 e. The standard InChI is InChI=1S/C15H23NO/c1-11-6-7-14(9-12(11)2)13(3)16-15-5-4-8-17-10-15/h6-7,9,13,15-16H,4-5,8,10H2,1-3H3. The zero-order valence-corrected chi connectivity index (χ0v) is 11.1. The highest BCUT2D eigenvalue weighted by molar-refractivity contribution is 5.31. The molecule has 0 bridgehead atoms. The lowest BCUT2D eigenvalue weighted by Crippen LogP contribution is -2.38. The molecule has 2 heteroatoms.